The molecule has 64 valence electrons. The number of rotatable bonds is 2. The standard InChI is InChI=1S/C3H7N2O4PS/c4-2-1-5(3(2)6)11-10(7,8)9/h2H,1,4H2,(H2,7,8,9). The minimum absolute atomic E-state index is 0.203. The van der Waals surface area contributed by atoms with Gasteiger partial charge in [0.25, 0.3) is 5.91 Å². The lowest BCUT2D eigenvalue weighted by atomic mass is 10.2. The van der Waals surface area contributed by atoms with Crippen molar-refractivity contribution >= 4 is 24.3 Å². The van der Waals surface area contributed by atoms with Crippen molar-refractivity contribution in [1.29, 1.82) is 0 Å². The van der Waals surface area contributed by atoms with Gasteiger partial charge in [-0.2, -0.15) is 0 Å². The van der Waals surface area contributed by atoms with Crippen LogP contribution < -0.4 is 5.73 Å². The molecule has 0 bridgehead atoms. The second kappa shape index (κ2) is 2.76. The Hall–Kier alpha value is -0.0700. The Balaban J connectivity index is 2.43. The first-order chi connectivity index (χ1) is 4.90. The van der Waals surface area contributed by atoms with E-state index in [4.69, 9.17) is 15.5 Å². The van der Waals surface area contributed by atoms with Crippen LogP contribution in [0.1, 0.15) is 0 Å². The summed E-state index contributed by atoms with van der Waals surface area (Å²) in [6, 6.07) is -0.589. The van der Waals surface area contributed by atoms with Gasteiger partial charge in [0.15, 0.2) is 0 Å². The molecule has 0 aliphatic carbocycles. The zero-order chi connectivity index (χ0) is 8.65. The van der Waals surface area contributed by atoms with E-state index in [1.807, 2.05) is 0 Å². The SMILES string of the molecule is NC1CN(SP(=O)(O)O)C1=O. The number of β-lactam (4-membered cyclic amide) rings is 1. The average Bonchev–Trinajstić information content (AvgIpc) is 1.84. The topological polar surface area (TPSA) is 104 Å². The second-order valence-corrected chi connectivity index (χ2v) is 5.58. The van der Waals surface area contributed by atoms with Crippen LogP contribution in [0.15, 0.2) is 0 Å². The molecule has 0 spiro atoms. The van der Waals surface area contributed by atoms with Crippen LogP contribution in [0.5, 0.6) is 0 Å². The molecule has 1 heterocycles. The van der Waals surface area contributed by atoms with Gasteiger partial charge in [-0.15, -0.1) is 0 Å². The molecule has 0 saturated carbocycles. The van der Waals surface area contributed by atoms with E-state index in [-0.39, 0.29) is 18.1 Å². The molecule has 0 aromatic heterocycles. The van der Waals surface area contributed by atoms with Gasteiger partial charge < -0.3 is 15.5 Å². The minimum atomic E-state index is -4.18. The van der Waals surface area contributed by atoms with Crippen LogP contribution >= 0.6 is 18.4 Å². The number of carbonyl (C=O) groups is 1. The van der Waals surface area contributed by atoms with Crippen molar-refractivity contribution in [2.75, 3.05) is 6.54 Å². The molecule has 1 fully saturated rings. The van der Waals surface area contributed by atoms with Gasteiger partial charge in [-0.1, -0.05) is 0 Å². The number of nitrogens with two attached hydrogens (primary N) is 1. The van der Waals surface area contributed by atoms with Crippen molar-refractivity contribution < 1.29 is 19.1 Å². The fourth-order valence-corrected chi connectivity index (χ4v) is 2.53. The molecule has 4 N–H and O–H groups in total. The third-order valence-electron chi connectivity index (χ3n) is 1.13. The molecule has 0 aromatic carbocycles. The molecule has 1 atom stereocenters. The molecule has 1 unspecified atom stereocenters. The number of amides is 1. The van der Waals surface area contributed by atoms with Crippen LogP contribution in [0.4, 0.5) is 0 Å². The molecule has 1 aliphatic heterocycles. The maximum absolute atomic E-state index is 10.7. The molecule has 11 heavy (non-hydrogen) atoms. The summed E-state index contributed by atoms with van der Waals surface area (Å²) in [4.78, 5) is 27.5. The summed E-state index contributed by atoms with van der Waals surface area (Å²) in [5.41, 5.74) is 5.17. The minimum Gasteiger partial charge on any atom is -0.318 e. The number of nitrogens with zero attached hydrogens (tertiary/aromatic N) is 1. The van der Waals surface area contributed by atoms with Crippen LogP contribution in [0, 0.1) is 0 Å². The van der Waals surface area contributed by atoms with Crippen LogP contribution in [0.2, 0.25) is 0 Å². The Morgan fingerprint density at radius 1 is 1.73 bits per heavy atom. The number of hydrogen-bond acceptors (Lipinski definition) is 4. The van der Waals surface area contributed by atoms with Gasteiger partial charge in [0.1, 0.15) is 6.04 Å². The molecule has 6 nitrogen and oxygen atoms in total. The first-order valence-corrected chi connectivity index (χ1v) is 5.71. The Morgan fingerprint density at radius 2 is 2.27 bits per heavy atom. The van der Waals surface area contributed by atoms with E-state index in [1.54, 1.807) is 0 Å². The van der Waals surface area contributed by atoms with Crippen LogP contribution in [0.25, 0.3) is 0 Å². The molecule has 0 aromatic rings. The van der Waals surface area contributed by atoms with E-state index < -0.39 is 18.7 Å². The molecular weight excluding hydrogens is 191 g/mol. The normalized spacial score (nSPS) is 25.2. The van der Waals surface area contributed by atoms with Crippen molar-refractivity contribution in [3.8, 4) is 0 Å². The molecule has 8 heteroatoms. The highest BCUT2D eigenvalue weighted by atomic mass is 32.7. The summed E-state index contributed by atoms with van der Waals surface area (Å²) in [6.45, 7) is -3.98. The van der Waals surface area contributed by atoms with Crippen molar-refractivity contribution in [2.45, 2.75) is 6.04 Å². The zero-order valence-electron chi connectivity index (χ0n) is 5.38. The maximum atomic E-state index is 10.7. The van der Waals surface area contributed by atoms with E-state index in [2.05, 4.69) is 0 Å². The van der Waals surface area contributed by atoms with Gasteiger partial charge in [-0.25, -0.2) is 4.57 Å². The molecule has 1 saturated heterocycles. The largest absolute Gasteiger partial charge is 0.404 e. The summed E-state index contributed by atoms with van der Waals surface area (Å²) < 4.78 is 11.3. The number of hydrogen-bond donors (Lipinski definition) is 3. The average molecular weight is 198 g/mol. The van der Waals surface area contributed by atoms with Crippen molar-refractivity contribution in [1.82, 2.24) is 4.31 Å². The summed E-state index contributed by atoms with van der Waals surface area (Å²) in [5, 5.41) is 0. The third-order valence-corrected chi connectivity index (χ3v) is 3.10. The Kier molecular flexibility index (Phi) is 2.27. The van der Waals surface area contributed by atoms with Crippen molar-refractivity contribution in [2.24, 2.45) is 5.73 Å². The van der Waals surface area contributed by atoms with Crippen LogP contribution in [0.3, 0.4) is 0 Å². The predicted octanol–water partition coefficient (Wildman–Crippen LogP) is -1.10. The quantitative estimate of drug-likeness (QED) is 0.295. The van der Waals surface area contributed by atoms with Crippen LogP contribution in [-0.4, -0.2) is 32.6 Å². The Labute approximate surface area is 66.8 Å². The molecule has 1 amide bonds. The predicted molar refractivity (Wildman–Crippen MR) is 39.3 cm³/mol. The van der Waals surface area contributed by atoms with E-state index in [1.165, 1.54) is 0 Å². The lowest BCUT2D eigenvalue weighted by Gasteiger charge is -2.33. The summed E-state index contributed by atoms with van der Waals surface area (Å²) >= 11 is 0.226. The van der Waals surface area contributed by atoms with Crippen molar-refractivity contribution in [3.63, 3.8) is 0 Å². The van der Waals surface area contributed by atoms with Crippen molar-refractivity contribution in [3.05, 3.63) is 0 Å². The molecular formula is C3H7N2O4PS. The fraction of sp³-hybridized carbons (Fsp3) is 0.667. The number of carbonyl (C=O) groups excluding carboxylic acids is 1. The van der Waals surface area contributed by atoms with Gasteiger partial charge in [-0.3, -0.25) is 9.10 Å². The highest BCUT2D eigenvalue weighted by Gasteiger charge is 2.38. The van der Waals surface area contributed by atoms with Gasteiger partial charge in [0.05, 0.1) is 18.1 Å². The van der Waals surface area contributed by atoms with E-state index in [0.717, 1.165) is 4.31 Å². The highest BCUT2D eigenvalue weighted by molar-refractivity contribution is 8.53. The fourth-order valence-electron chi connectivity index (χ4n) is 0.621. The van der Waals surface area contributed by atoms with E-state index >= 15 is 0 Å². The van der Waals surface area contributed by atoms with Gasteiger partial charge in [-0.05, 0) is 0 Å². The Morgan fingerprint density at radius 3 is 2.55 bits per heavy atom. The summed E-state index contributed by atoms with van der Waals surface area (Å²) in [6.07, 6.45) is 0. The highest BCUT2D eigenvalue weighted by Crippen LogP contribution is 2.53. The summed E-state index contributed by atoms with van der Waals surface area (Å²) in [7, 11) is 0. The monoisotopic (exact) mass is 198 g/mol. The Bertz CT molecular complexity index is 227. The van der Waals surface area contributed by atoms with Crippen LogP contribution in [-0.2, 0) is 9.36 Å². The molecule has 1 rings (SSSR count). The van der Waals surface area contributed by atoms with E-state index in [9.17, 15) is 9.36 Å². The van der Waals surface area contributed by atoms with Gasteiger partial charge in [0, 0.05) is 0 Å². The summed E-state index contributed by atoms with van der Waals surface area (Å²) in [5.74, 6) is -0.432. The molecule has 1 aliphatic rings. The first kappa shape index (κ1) is 9.02. The van der Waals surface area contributed by atoms with E-state index in [0.29, 0.717) is 0 Å². The zero-order valence-corrected chi connectivity index (χ0v) is 7.09. The lowest BCUT2D eigenvalue weighted by Crippen LogP contribution is -2.57. The smallest absolute Gasteiger partial charge is 0.318 e. The lowest BCUT2D eigenvalue weighted by molar-refractivity contribution is -0.134. The van der Waals surface area contributed by atoms with Gasteiger partial charge >= 0.3 is 6.80 Å². The first-order valence-electron chi connectivity index (χ1n) is 2.72. The molecule has 0 radical (unpaired) electrons. The second-order valence-electron chi connectivity index (χ2n) is 2.08. The third kappa shape index (κ3) is 2.18. The van der Waals surface area contributed by atoms with Gasteiger partial charge in [0.2, 0.25) is 0 Å². The maximum Gasteiger partial charge on any atom is 0.404 e.